The number of thiocarbonyl (C=S) groups is 1. The SMILES string of the molecule is NNC(=S)c1c[nH]c2ccccc12. The maximum atomic E-state index is 5.25. The van der Waals surface area contributed by atoms with Gasteiger partial charge in [0.25, 0.3) is 0 Å². The zero-order valence-electron chi connectivity index (χ0n) is 6.87. The number of aromatic amines is 1. The van der Waals surface area contributed by atoms with Crippen LogP contribution in [0.2, 0.25) is 0 Å². The fraction of sp³-hybridized carbons (Fsp3) is 0. The standard InChI is InChI=1S/C9H9N3S/c10-12-9(13)7-5-11-8-4-2-1-3-6(7)8/h1-5,11H,10H2,(H,12,13). The minimum Gasteiger partial charge on any atom is -0.360 e. The summed E-state index contributed by atoms with van der Waals surface area (Å²) >= 11 is 5.05. The fourth-order valence-electron chi connectivity index (χ4n) is 1.34. The molecule has 0 aliphatic rings. The van der Waals surface area contributed by atoms with Gasteiger partial charge in [0.1, 0.15) is 4.99 Å². The van der Waals surface area contributed by atoms with Crippen LogP contribution in [0.5, 0.6) is 0 Å². The minimum atomic E-state index is 0.553. The first kappa shape index (κ1) is 8.22. The van der Waals surface area contributed by atoms with Crippen LogP contribution in [0.25, 0.3) is 10.9 Å². The first-order chi connectivity index (χ1) is 6.33. The Labute approximate surface area is 80.9 Å². The summed E-state index contributed by atoms with van der Waals surface area (Å²) in [7, 11) is 0. The van der Waals surface area contributed by atoms with Gasteiger partial charge in [0.2, 0.25) is 0 Å². The number of benzene rings is 1. The van der Waals surface area contributed by atoms with Crippen LogP contribution >= 0.6 is 12.2 Å². The molecule has 0 saturated carbocycles. The zero-order valence-corrected chi connectivity index (χ0v) is 7.69. The first-order valence-electron chi connectivity index (χ1n) is 3.90. The molecule has 66 valence electrons. The molecule has 13 heavy (non-hydrogen) atoms. The maximum Gasteiger partial charge on any atom is 0.122 e. The average Bonchev–Trinajstić information content (AvgIpc) is 2.60. The van der Waals surface area contributed by atoms with Gasteiger partial charge in [-0.25, -0.2) is 5.84 Å². The minimum absolute atomic E-state index is 0.553. The lowest BCUT2D eigenvalue weighted by Gasteiger charge is -1.99. The predicted octanol–water partition coefficient (Wildman–Crippen LogP) is 1.31. The van der Waals surface area contributed by atoms with E-state index in [0.29, 0.717) is 4.99 Å². The van der Waals surface area contributed by atoms with E-state index < -0.39 is 0 Å². The van der Waals surface area contributed by atoms with Crippen molar-refractivity contribution in [3.8, 4) is 0 Å². The van der Waals surface area contributed by atoms with Crippen molar-refractivity contribution in [2.24, 2.45) is 5.84 Å². The lowest BCUT2D eigenvalue weighted by atomic mass is 10.2. The molecule has 1 heterocycles. The van der Waals surface area contributed by atoms with Crippen molar-refractivity contribution >= 4 is 28.1 Å². The van der Waals surface area contributed by atoms with Crippen LogP contribution < -0.4 is 11.3 Å². The van der Waals surface area contributed by atoms with Gasteiger partial charge in [-0.2, -0.15) is 0 Å². The highest BCUT2D eigenvalue weighted by Crippen LogP contribution is 2.17. The molecule has 3 nitrogen and oxygen atoms in total. The molecule has 0 aliphatic heterocycles. The highest BCUT2D eigenvalue weighted by molar-refractivity contribution is 7.80. The normalized spacial score (nSPS) is 10.2. The number of nitrogens with one attached hydrogen (secondary N) is 2. The Morgan fingerprint density at radius 3 is 2.92 bits per heavy atom. The van der Waals surface area contributed by atoms with E-state index in [1.807, 2.05) is 30.5 Å². The van der Waals surface area contributed by atoms with Gasteiger partial charge in [0.15, 0.2) is 0 Å². The summed E-state index contributed by atoms with van der Waals surface area (Å²) in [6, 6.07) is 7.95. The Hall–Kier alpha value is -1.39. The molecule has 2 aromatic rings. The van der Waals surface area contributed by atoms with Gasteiger partial charge in [0, 0.05) is 22.7 Å². The number of fused-ring (bicyclic) bond motifs is 1. The van der Waals surface area contributed by atoms with Crippen molar-refractivity contribution in [1.29, 1.82) is 0 Å². The van der Waals surface area contributed by atoms with Crippen LogP contribution in [-0.4, -0.2) is 9.97 Å². The Balaban J connectivity index is 2.64. The monoisotopic (exact) mass is 191 g/mol. The summed E-state index contributed by atoms with van der Waals surface area (Å²) < 4.78 is 0. The van der Waals surface area contributed by atoms with Crippen LogP contribution in [-0.2, 0) is 0 Å². The van der Waals surface area contributed by atoms with Gasteiger partial charge in [0.05, 0.1) is 0 Å². The van der Waals surface area contributed by atoms with Crippen LogP contribution in [0.3, 0.4) is 0 Å². The number of hydrazine groups is 1. The molecule has 0 aliphatic carbocycles. The molecular weight excluding hydrogens is 182 g/mol. The van der Waals surface area contributed by atoms with E-state index in [4.69, 9.17) is 18.1 Å². The lowest BCUT2D eigenvalue weighted by Crippen LogP contribution is -2.28. The first-order valence-corrected chi connectivity index (χ1v) is 4.31. The molecule has 0 saturated heterocycles. The van der Waals surface area contributed by atoms with Crippen molar-refractivity contribution in [3.05, 3.63) is 36.0 Å². The molecule has 0 spiro atoms. The number of hydrogen-bond acceptors (Lipinski definition) is 2. The Kier molecular flexibility index (Phi) is 2.00. The summed E-state index contributed by atoms with van der Waals surface area (Å²) in [5.41, 5.74) is 4.47. The molecule has 0 unspecified atom stereocenters. The molecule has 1 aromatic heterocycles. The highest BCUT2D eigenvalue weighted by atomic mass is 32.1. The second-order valence-corrected chi connectivity index (χ2v) is 3.13. The molecule has 0 atom stereocenters. The van der Waals surface area contributed by atoms with Crippen molar-refractivity contribution in [2.75, 3.05) is 0 Å². The van der Waals surface area contributed by atoms with E-state index >= 15 is 0 Å². The smallest absolute Gasteiger partial charge is 0.122 e. The van der Waals surface area contributed by atoms with Gasteiger partial charge < -0.3 is 10.4 Å². The Morgan fingerprint density at radius 2 is 2.15 bits per heavy atom. The Bertz CT molecular complexity index is 447. The van der Waals surface area contributed by atoms with E-state index in [2.05, 4.69) is 10.4 Å². The van der Waals surface area contributed by atoms with Crippen molar-refractivity contribution in [1.82, 2.24) is 10.4 Å². The molecule has 0 amide bonds. The summed E-state index contributed by atoms with van der Waals surface area (Å²) in [4.78, 5) is 3.67. The van der Waals surface area contributed by atoms with Crippen LogP contribution in [0.4, 0.5) is 0 Å². The molecular formula is C9H9N3S. The number of H-pyrrole nitrogens is 1. The van der Waals surface area contributed by atoms with Gasteiger partial charge in [-0.3, -0.25) is 0 Å². The number of hydrogen-bond donors (Lipinski definition) is 3. The van der Waals surface area contributed by atoms with Gasteiger partial charge in [-0.15, -0.1) is 0 Å². The lowest BCUT2D eigenvalue weighted by molar-refractivity contribution is 1.05. The van der Waals surface area contributed by atoms with E-state index in [-0.39, 0.29) is 0 Å². The molecule has 0 bridgehead atoms. The largest absolute Gasteiger partial charge is 0.360 e. The van der Waals surface area contributed by atoms with Crippen molar-refractivity contribution < 1.29 is 0 Å². The van der Waals surface area contributed by atoms with Gasteiger partial charge in [-0.05, 0) is 6.07 Å². The quantitative estimate of drug-likeness (QED) is 0.362. The highest BCUT2D eigenvalue weighted by Gasteiger charge is 2.05. The fourth-order valence-corrected chi connectivity index (χ4v) is 1.51. The number of para-hydroxylation sites is 1. The third kappa shape index (κ3) is 1.30. The van der Waals surface area contributed by atoms with Crippen LogP contribution in [0, 0.1) is 0 Å². The van der Waals surface area contributed by atoms with E-state index in [1.54, 1.807) is 0 Å². The molecule has 1 aromatic carbocycles. The predicted molar refractivity (Wildman–Crippen MR) is 57.3 cm³/mol. The van der Waals surface area contributed by atoms with E-state index in [1.165, 1.54) is 0 Å². The third-order valence-corrected chi connectivity index (χ3v) is 2.30. The molecule has 4 heteroatoms. The Morgan fingerprint density at radius 1 is 1.38 bits per heavy atom. The number of nitrogens with two attached hydrogens (primary N) is 1. The second-order valence-electron chi connectivity index (χ2n) is 2.72. The van der Waals surface area contributed by atoms with Gasteiger partial charge >= 0.3 is 0 Å². The molecule has 4 N–H and O–H groups in total. The maximum absolute atomic E-state index is 5.25. The topological polar surface area (TPSA) is 53.8 Å². The number of aromatic nitrogens is 1. The van der Waals surface area contributed by atoms with E-state index in [9.17, 15) is 0 Å². The molecule has 2 rings (SSSR count). The number of rotatable bonds is 1. The van der Waals surface area contributed by atoms with Gasteiger partial charge in [-0.1, -0.05) is 30.4 Å². The zero-order chi connectivity index (χ0) is 9.26. The summed E-state index contributed by atoms with van der Waals surface area (Å²) in [5.74, 6) is 5.25. The molecule has 0 radical (unpaired) electrons. The van der Waals surface area contributed by atoms with E-state index in [0.717, 1.165) is 16.5 Å². The molecule has 0 fully saturated rings. The van der Waals surface area contributed by atoms with Crippen molar-refractivity contribution in [3.63, 3.8) is 0 Å². The average molecular weight is 191 g/mol. The van der Waals surface area contributed by atoms with Crippen molar-refractivity contribution in [2.45, 2.75) is 0 Å². The summed E-state index contributed by atoms with van der Waals surface area (Å²) in [6.07, 6.45) is 1.85. The summed E-state index contributed by atoms with van der Waals surface area (Å²) in [5, 5.41) is 1.09. The second kappa shape index (κ2) is 3.16. The third-order valence-electron chi connectivity index (χ3n) is 1.96. The summed E-state index contributed by atoms with van der Waals surface area (Å²) in [6.45, 7) is 0. The van der Waals surface area contributed by atoms with Crippen LogP contribution in [0.1, 0.15) is 5.56 Å². The van der Waals surface area contributed by atoms with Crippen LogP contribution in [0.15, 0.2) is 30.5 Å².